The molecule has 0 aliphatic heterocycles. The summed E-state index contributed by atoms with van der Waals surface area (Å²) in [6, 6.07) is 6.70. The van der Waals surface area contributed by atoms with Gasteiger partial charge in [0.2, 0.25) is 5.95 Å². The van der Waals surface area contributed by atoms with E-state index in [2.05, 4.69) is 25.3 Å². The molecular weight excluding hydrogens is 259 g/mol. The summed E-state index contributed by atoms with van der Waals surface area (Å²) in [4.78, 5) is 15.1. The van der Waals surface area contributed by atoms with E-state index in [1.54, 1.807) is 12.1 Å². The van der Waals surface area contributed by atoms with Crippen LogP contribution in [0, 0.1) is 5.82 Å². The Morgan fingerprint density at radius 3 is 2.95 bits per heavy atom. The average molecular weight is 272 g/mol. The van der Waals surface area contributed by atoms with Crippen LogP contribution in [-0.2, 0) is 6.42 Å². The van der Waals surface area contributed by atoms with Gasteiger partial charge in [0.05, 0.1) is 6.33 Å². The molecular formula is C13H13FN6. The molecule has 3 rings (SSSR count). The molecule has 0 saturated heterocycles. The molecule has 3 aromatic rings. The van der Waals surface area contributed by atoms with Crippen molar-refractivity contribution in [3.8, 4) is 0 Å². The number of nitrogen functional groups attached to an aromatic ring is 1. The number of halogens is 1. The molecule has 2 aromatic heterocycles. The van der Waals surface area contributed by atoms with Gasteiger partial charge >= 0.3 is 0 Å². The summed E-state index contributed by atoms with van der Waals surface area (Å²) in [7, 11) is 0. The topological polar surface area (TPSA) is 92.5 Å². The molecule has 1 aromatic carbocycles. The van der Waals surface area contributed by atoms with Gasteiger partial charge in [0.25, 0.3) is 0 Å². The number of aromatic nitrogens is 4. The highest BCUT2D eigenvalue weighted by molar-refractivity contribution is 5.83. The molecule has 6 nitrogen and oxygen atoms in total. The molecule has 0 spiro atoms. The maximum atomic E-state index is 13.5. The van der Waals surface area contributed by atoms with Gasteiger partial charge in [0.15, 0.2) is 11.5 Å². The highest BCUT2D eigenvalue weighted by atomic mass is 19.1. The standard InChI is InChI=1S/C13H13FN6/c14-9-4-2-1-3-8(9)5-6-16-11-10-12(18-7-17-10)20-13(15)19-11/h1-4,7H,5-6H2,(H4,15,16,17,18,19,20). The zero-order valence-electron chi connectivity index (χ0n) is 10.6. The molecule has 0 amide bonds. The van der Waals surface area contributed by atoms with Gasteiger partial charge in [-0.3, -0.25) is 0 Å². The lowest BCUT2D eigenvalue weighted by molar-refractivity contribution is 0.610. The second-order valence-electron chi connectivity index (χ2n) is 4.30. The zero-order valence-corrected chi connectivity index (χ0v) is 10.6. The first-order chi connectivity index (χ1) is 9.74. The minimum Gasteiger partial charge on any atom is -0.368 e. The summed E-state index contributed by atoms with van der Waals surface area (Å²) in [5.74, 6) is 0.516. The molecule has 7 heteroatoms. The van der Waals surface area contributed by atoms with Gasteiger partial charge in [-0.15, -0.1) is 0 Å². The highest BCUT2D eigenvalue weighted by Crippen LogP contribution is 2.17. The molecule has 102 valence electrons. The Bertz CT molecular complexity index is 739. The van der Waals surface area contributed by atoms with E-state index >= 15 is 0 Å². The van der Waals surface area contributed by atoms with Crippen LogP contribution in [0.1, 0.15) is 5.56 Å². The predicted octanol–water partition coefficient (Wildman–Crippen LogP) is 1.73. The van der Waals surface area contributed by atoms with Gasteiger partial charge in [-0.1, -0.05) is 18.2 Å². The minimum absolute atomic E-state index is 0.151. The van der Waals surface area contributed by atoms with E-state index in [-0.39, 0.29) is 11.8 Å². The van der Waals surface area contributed by atoms with Crippen LogP contribution in [0.25, 0.3) is 11.2 Å². The lowest BCUT2D eigenvalue weighted by atomic mass is 10.1. The number of nitrogens with zero attached hydrogens (tertiary/aromatic N) is 3. The summed E-state index contributed by atoms with van der Waals surface area (Å²) in [5.41, 5.74) is 7.46. The quantitative estimate of drug-likeness (QED) is 0.672. The Kier molecular flexibility index (Phi) is 3.16. The second-order valence-corrected chi connectivity index (χ2v) is 4.30. The third-order valence-electron chi connectivity index (χ3n) is 2.95. The van der Waals surface area contributed by atoms with E-state index in [9.17, 15) is 4.39 Å². The summed E-state index contributed by atoms with van der Waals surface area (Å²) in [6.07, 6.45) is 2.08. The summed E-state index contributed by atoms with van der Waals surface area (Å²) < 4.78 is 13.5. The molecule has 20 heavy (non-hydrogen) atoms. The zero-order chi connectivity index (χ0) is 13.9. The van der Waals surface area contributed by atoms with Crippen LogP contribution in [-0.4, -0.2) is 26.5 Å². The number of benzene rings is 1. The number of hydrogen-bond acceptors (Lipinski definition) is 5. The average Bonchev–Trinajstić information content (AvgIpc) is 2.89. The second kappa shape index (κ2) is 5.12. The van der Waals surface area contributed by atoms with E-state index in [0.29, 0.717) is 35.5 Å². The maximum Gasteiger partial charge on any atom is 0.224 e. The number of H-pyrrole nitrogens is 1. The van der Waals surface area contributed by atoms with Crippen LogP contribution < -0.4 is 11.1 Å². The van der Waals surface area contributed by atoms with Crippen molar-refractivity contribution in [2.45, 2.75) is 6.42 Å². The van der Waals surface area contributed by atoms with E-state index in [4.69, 9.17) is 5.73 Å². The van der Waals surface area contributed by atoms with Crippen LogP contribution in [0.4, 0.5) is 16.2 Å². The van der Waals surface area contributed by atoms with E-state index in [0.717, 1.165) is 0 Å². The van der Waals surface area contributed by atoms with Crippen molar-refractivity contribution in [1.82, 2.24) is 19.9 Å². The molecule has 0 saturated carbocycles. The third kappa shape index (κ3) is 2.37. The van der Waals surface area contributed by atoms with Crippen molar-refractivity contribution >= 4 is 22.9 Å². The normalized spacial score (nSPS) is 10.8. The van der Waals surface area contributed by atoms with Crippen molar-refractivity contribution in [1.29, 1.82) is 0 Å². The number of anilines is 2. The number of imidazole rings is 1. The van der Waals surface area contributed by atoms with Gasteiger partial charge < -0.3 is 16.0 Å². The molecule has 0 radical (unpaired) electrons. The number of hydrogen-bond donors (Lipinski definition) is 3. The lowest BCUT2D eigenvalue weighted by Crippen LogP contribution is -2.09. The first-order valence-corrected chi connectivity index (χ1v) is 6.18. The number of nitrogens with one attached hydrogen (secondary N) is 2. The van der Waals surface area contributed by atoms with Crippen LogP contribution >= 0.6 is 0 Å². The summed E-state index contributed by atoms with van der Waals surface area (Å²) >= 11 is 0. The van der Waals surface area contributed by atoms with E-state index in [1.807, 2.05) is 6.07 Å². The van der Waals surface area contributed by atoms with Crippen LogP contribution in [0.5, 0.6) is 0 Å². The van der Waals surface area contributed by atoms with Gasteiger partial charge in [-0.2, -0.15) is 9.97 Å². The molecule has 0 aliphatic carbocycles. The van der Waals surface area contributed by atoms with E-state index in [1.165, 1.54) is 12.4 Å². The van der Waals surface area contributed by atoms with E-state index < -0.39 is 0 Å². The molecule has 4 N–H and O–H groups in total. The van der Waals surface area contributed by atoms with Crippen LogP contribution in [0.15, 0.2) is 30.6 Å². The summed E-state index contributed by atoms with van der Waals surface area (Å²) in [5, 5.41) is 3.12. The predicted molar refractivity (Wildman–Crippen MR) is 74.7 cm³/mol. The van der Waals surface area contributed by atoms with Crippen molar-refractivity contribution in [3.63, 3.8) is 0 Å². The van der Waals surface area contributed by atoms with Gasteiger partial charge in [-0.05, 0) is 18.1 Å². The lowest BCUT2D eigenvalue weighted by Gasteiger charge is -2.07. The van der Waals surface area contributed by atoms with Gasteiger partial charge in [0, 0.05) is 6.54 Å². The Morgan fingerprint density at radius 1 is 1.25 bits per heavy atom. The van der Waals surface area contributed by atoms with Crippen molar-refractivity contribution in [2.24, 2.45) is 0 Å². The summed E-state index contributed by atoms with van der Waals surface area (Å²) in [6.45, 7) is 0.533. The minimum atomic E-state index is -0.205. The first-order valence-electron chi connectivity index (χ1n) is 6.18. The number of aromatic amines is 1. The molecule has 0 aliphatic rings. The Morgan fingerprint density at radius 2 is 2.10 bits per heavy atom. The molecule has 0 fully saturated rings. The largest absolute Gasteiger partial charge is 0.368 e. The van der Waals surface area contributed by atoms with Gasteiger partial charge in [-0.25, -0.2) is 9.37 Å². The number of fused-ring (bicyclic) bond motifs is 1. The van der Waals surface area contributed by atoms with Crippen LogP contribution in [0.2, 0.25) is 0 Å². The smallest absolute Gasteiger partial charge is 0.224 e. The van der Waals surface area contributed by atoms with Crippen LogP contribution in [0.3, 0.4) is 0 Å². The molecule has 0 atom stereocenters. The molecule has 2 heterocycles. The van der Waals surface area contributed by atoms with Crippen molar-refractivity contribution < 1.29 is 4.39 Å². The molecule has 0 bridgehead atoms. The Balaban J connectivity index is 1.74. The maximum absolute atomic E-state index is 13.5. The first kappa shape index (κ1) is 12.3. The fraction of sp³-hybridized carbons (Fsp3) is 0.154. The highest BCUT2D eigenvalue weighted by Gasteiger charge is 2.08. The number of nitrogens with two attached hydrogens (primary N) is 1. The molecule has 0 unspecified atom stereocenters. The monoisotopic (exact) mass is 272 g/mol. The van der Waals surface area contributed by atoms with Crippen molar-refractivity contribution in [3.05, 3.63) is 42.0 Å². The Hall–Kier alpha value is -2.70. The number of rotatable bonds is 4. The SMILES string of the molecule is Nc1nc(NCCc2ccccc2F)c2[nH]cnc2n1. The Labute approximate surface area is 114 Å². The van der Waals surface area contributed by atoms with Crippen molar-refractivity contribution in [2.75, 3.05) is 17.6 Å². The fourth-order valence-electron chi connectivity index (χ4n) is 1.99. The fourth-order valence-corrected chi connectivity index (χ4v) is 1.99. The van der Waals surface area contributed by atoms with Gasteiger partial charge in [0.1, 0.15) is 11.3 Å². The third-order valence-corrected chi connectivity index (χ3v) is 2.95.